The van der Waals surface area contributed by atoms with Crippen LogP contribution in [0.3, 0.4) is 0 Å². The van der Waals surface area contributed by atoms with Crippen LogP contribution in [0.1, 0.15) is 26.5 Å². The highest BCUT2D eigenvalue weighted by atomic mass is 16.5. The first-order chi connectivity index (χ1) is 10.0. The monoisotopic (exact) mass is 288 g/mol. The van der Waals surface area contributed by atoms with Crippen LogP contribution in [0.5, 0.6) is 5.75 Å². The number of aromatic nitrogens is 4. The Morgan fingerprint density at radius 2 is 2.14 bits per heavy atom. The van der Waals surface area contributed by atoms with E-state index in [2.05, 4.69) is 27.5 Å². The van der Waals surface area contributed by atoms with Crippen LogP contribution in [-0.2, 0) is 6.54 Å². The highest BCUT2D eigenvalue weighted by Crippen LogP contribution is 2.09. The number of nitrogens with one attached hydrogen (secondary N) is 1. The molecule has 112 valence electrons. The highest BCUT2D eigenvalue weighted by Gasteiger charge is 2.12. The Morgan fingerprint density at radius 3 is 2.86 bits per heavy atom. The molecule has 0 fully saturated rings. The SMILES string of the molecule is Cc1cc(NC(C)C[n+]2cc(OC(C)C)ccn2)cnn1. The van der Waals surface area contributed by atoms with Gasteiger partial charge in [-0.15, -0.1) is 0 Å². The first kappa shape index (κ1) is 15.2. The normalized spacial score (nSPS) is 12.2. The largest absolute Gasteiger partial charge is 0.485 e. The Labute approximate surface area is 125 Å². The minimum atomic E-state index is 0.155. The van der Waals surface area contributed by atoms with E-state index in [1.165, 1.54) is 0 Å². The highest BCUT2D eigenvalue weighted by molar-refractivity contribution is 5.41. The molecule has 0 radical (unpaired) electrons. The fourth-order valence-electron chi connectivity index (χ4n) is 2.02. The number of aryl methyl sites for hydroxylation is 1. The van der Waals surface area contributed by atoms with Crippen molar-refractivity contribution < 1.29 is 9.42 Å². The molecule has 0 bridgehead atoms. The Kier molecular flexibility index (Phi) is 5.03. The van der Waals surface area contributed by atoms with Crippen molar-refractivity contribution in [2.75, 3.05) is 5.32 Å². The maximum atomic E-state index is 5.67. The minimum Gasteiger partial charge on any atom is -0.485 e. The molecule has 6 heteroatoms. The molecule has 0 amide bonds. The number of ether oxygens (including phenoxy) is 1. The number of hydrogen-bond acceptors (Lipinski definition) is 5. The van der Waals surface area contributed by atoms with E-state index in [-0.39, 0.29) is 12.1 Å². The topological polar surface area (TPSA) is 63.8 Å². The predicted molar refractivity (Wildman–Crippen MR) is 80.0 cm³/mol. The number of hydrogen-bond donors (Lipinski definition) is 1. The maximum Gasteiger partial charge on any atom is 0.238 e. The van der Waals surface area contributed by atoms with Crippen molar-refractivity contribution in [1.82, 2.24) is 15.3 Å². The number of nitrogens with zero attached hydrogens (tertiary/aromatic N) is 4. The van der Waals surface area contributed by atoms with Crippen molar-refractivity contribution in [3.63, 3.8) is 0 Å². The summed E-state index contributed by atoms with van der Waals surface area (Å²) in [4.78, 5) is 0. The summed E-state index contributed by atoms with van der Waals surface area (Å²) in [5, 5.41) is 15.6. The number of anilines is 1. The fraction of sp³-hybridized carbons (Fsp3) is 0.467. The van der Waals surface area contributed by atoms with Gasteiger partial charge in [0.05, 0.1) is 35.9 Å². The van der Waals surface area contributed by atoms with Gasteiger partial charge in [-0.1, -0.05) is 4.68 Å². The van der Waals surface area contributed by atoms with Gasteiger partial charge in [0.15, 0.2) is 12.3 Å². The lowest BCUT2D eigenvalue weighted by Crippen LogP contribution is -2.44. The molecule has 0 saturated carbocycles. The first-order valence-electron chi connectivity index (χ1n) is 7.11. The lowest BCUT2D eigenvalue weighted by atomic mass is 10.3. The van der Waals surface area contributed by atoms with Gasteiger partial charge in [-0.2, -0.15) is 10.2 Å². The average Bonchev–Trinajstić information content (AvgIpc) is 2.37. The molecule has 21 heavy (non-hydrogen) atoms. The molecule has 1 N–H and O–H groups in total. The van der Waals surface area contributed by atoms with Crippen molar-refractivity contribution in [3.05, 3.63) is 36.4 Å². The van der Waals surface area contributed by atoms with E-state index in [1.54, 1.807) is 12.4 Å². The molecular weight excluding hydrogens is 266 g/mol. The van der Waals surface area contributed by atoms with E-state index in [4.69, 9.17) is 4.74 Å². The summed E-state index contributed by atoms with van der Waals surface area (Å²) >= 11 is 0. The van der Waals surface area contributed by atoms with E-state index in [0.29, 0.717) is 0 Å². The van der Waals surface area contributed by atoms with Crippen LogP contribution in [0.25, 0.3) is 0 Å². The molecule has 0 aliphatic heterocycles. The van der Waals surface area contributed by atoms with Crippen LogP contribution < -0.4 is 14.7 Å². The molecule has 1 unspecified atom stereocenters. The second-order valence-corrected chi connectivity index (χ2v) is 5.38. The summed E-state index contributed by atoms with van der Waals surface area (Å²) in [6.45, 7) is 8.77. The molecule has 2 aromatic heterocycles. The zero-order valence-corrected chi connectivity index (χ0v) is 12.9. The van der Waals surface area contributed by atoms with E-state index in [1.807, 2.05) is 43.8 Å². The molecule has 2 aromatic rings. The van der Waals surface area contributed by atoms with Crippen molar-refractivity contribution >= 4 is 5.69 Å². The van der Waals surface area contributed by atoms with Gasteiger partial charge in [-0.05, 0) is 38.9 Å². The quantitative estimate of drug-likeness (QED) is 0.821. The third-order valence-electron chi connectivity index (χ3n) is 2.75. The molecule has 1 atom stereocenters. The van der Waals surface area contributed by atoms with Gasteiger partial charge in [0.2, 0.25) is 6.20 Å². The summed E-state index contributed by atoms with van der Waals surface area (Å²) in [5.41, 5.74) is 1.86. The van der Waals surface area contributed by atoms with Crippen molar-refractivity contribution in [2.24, 2.45) is 0 Å². The third-order valence-corrected chi connectivity index (χ3v) is 2.75. The molecule has 0 saturated heterocycles. The van der Waals surface area contributed by atoms with Gasteiger partial charge in [0, 0.05) is 6.07 Å². The van der Waals surface area contributed by atoms with Crippen molar-refractivity contribution in [2.45, 2.75) is 46.4 Å². The summed E-state index contributed by atoms with van der Waals surface area (Å²) in [7, 11) is 0. The lowest BCUT2D eigenvalue weighted by molar-refractivity contribution is -0.754. The van der Waals surface area contributed by atoms with Gasteiger partial charge in [0.1, 0.15) is 0 Å². The van der Waals surface area contributed by atoms with E-state index < -0.39 is 0 Å². The van der Waals surface area contributed by atoms with Gasteiger partial charge in [0.25, 0.3) is 0 Å². The van der Waals surface area contributed by atoms with Crippen LogP contribution in [0.2, 0.25) is 0 Å². The first-order valence-corrected chi connectivity index (χ1v) is 7.11. The van der Waals surface area contributed by atoms with Crippen LogP contribution in [-0.4, -0.2) is 27.4 Å². The average molecular weight is 288 g/mol. The molecule has 2 heterocycles. The molecule has 0 aromatic carbocycles. The summed E-state index contributed by atoms with van der Waals surface area (Å²) < 4.78 is 7.54. The van der Waals surface area contributed by atoms with Gasteiger partial charge in [-0.3, -0.25) is 0 Å². The summed E-state index contributed by atoms with van der Waals surface area (Å²) in [6, 6.07) is 4.05. The van der Waals surface area contributed by atoms with Gasteiger partial charge in [-0.25, -0.2) is 0 Å². The Hall–Kier alpha value is -2.24. The van der Waals surface area contributed by atoms with E-state index in [0.717, 1.165) is 23.7 Å². The molecular formula is C15H22N5O+. The maximum absolute atomic E-state index is 5.67. The van der Waals surface area contributed by atoms with E-state index >= 15 is 0 Å². The molecule has 0 spiro atoms. The number of rotatable bonds is 6. The van der Waals surface area contributed by atoms with Crippen LogP contribution in [0.4, 0.5) is 5.69 Å². The van der Waals surface area contributed by atoms with Crippen LogP contribution in [0, 0.1) is 6.92 Å². The fourth-order valence-corrected chi connectivity index (χ4v) is 2.02. The zero-order valence-electron chi connectivity index (χ0n) is 12.9. The third kappa shape index (κ3) is 4.98. The molecule has 0 aliphatic rings. The summed E-state index contributed by atoms with van der Waals surface area (Å²) in [6.07, 6.45) is 5.54. The minimum absolute atomic E-state index is 0.155. The standard InChI is InChI=1S/C15H22N5O/c1-11(2)21-15-5-6-17-20(10-15)9-13(4)18-14-7-12(3)19-16-8-14/h5-8,10-11,13H,9H2,1-4H3,(H,18,19)/q+1. The zero-order chi connectivity index (χ0) is 15.2. The predicted octanol–water partition coefficient (Wildman–Crippen LogP) is 1.76. The van der Waals surface area contributed by atoms with Gasteiger partial charge >= 0.3 is 0 Å². The Balaban J connectivity index is 1.97. The summed E-state index contributed by atoms with van der Waals surface area (Å²) in [5.74, 6) is 0.827. The Bertz CT molecular complexity index is 588. The smallest absolute Gasteiger partial charge is 0.238 e. The van der Waals surface area contributed by atoms with Crippen molar-refractivity contribution in [3.8, 4) is 5.75 Å². The van der Waals surface area contributed by atoms with Crippen LogP contribution in [0.15, 0.2) is 30.7 Å². The molecule has 6 nitrogen and oxygen atoms in total. The lowest BCUT2D eigenvalue weighted by Gasteiger charge is -2.12. The molecule has 0 aliphatic carbocycles. The van der Waals surface area contributed by atoms with E-state index in [9.17, 15) is 0 Å². The van der Waals surface area contributed by atoms with Gasteiger partial charge < -0.3 is 10.1 Å². The van der Waals surface area contributed by atoms with Crippen molar-refractivity contribution in [1.29, 1.82) is 0 Å². The van der Waals surface area contributed by atoms with Crippen LogP contribution >= 0.6 is 0 Å². The molecule has 2 rings (SSSR count). The second-order valence-electron chi connectivity index (χ2n) is 5.38. The Morgan fingerprint density at radius 1 is 1.33 bits per heavy atom. The second kappa shape index (κ2) is 6.97.